The van der Waals surface area contributed by atoms with E-state index in [1.165, 1.54) is 32.2 Å². The van der Waals surface area contributed by atoms with Gasteiger partial charge in [-0.2, -0.15) is 39.5 Å². The Bertz CT molecular complexity index is 1960. The molecule has 9 rings (SSSR count). The highest BCUT2D eigenvalue weighted by molar-refractivity contribution is 7.89. The molecule has 3 aromatic rings. The van der Waals surface area contributed by atoms with Crippen LogP contribution < -0.4 is 14.7 Å². The summed E-state index contributed by atoms with van der Waals surface area (Å²) in [5, 5.41) is 9.71. The van der Waals surface area contributed by atoms with Crippen LogP contribution >= 0.6 is 12.3 Å². The molecule has 6 unspecified atom stereocenters. The molecule has 6 bridgehead atoms. The van der Waals surface area contributed by atoms with Gasteiger partial charge in [0.2, 0.25) is 0 Å². The first-order valence-corrected chi connectivity index (χ1v) is 21.8. The van der Waals surface area contributed by atoms with Gasteiger partial charge in [-0.3, -0.25) is 8.98 Å². The number of anilines is 3. The van der Waals surface area contributed by atoms with Gasteiger partial charge < -0.3 is 24.5 Å². The Morgan fingerprint density at radius 3 is 1.19 bits per heavy atom. The standard InChI is InChI=1S/C15H17F3N2O2.C14H17F3N2O3S.C13H15F3N2O/c1-9(21)22-13-6-11-3-4-12(7-13)20(11)14-5-2-10(8-19-14)15(16,17)18;1-20-22-23-21-12-6-10-3-4-11(7-12)19(10)13-5-2-9(8-18-13)14(15,16)17;14-13(15,16)8-1-4-12(17-7-8)18-9-2-3-10(18)6-11(19)5-9/h2,5,8,11-13H,3-4,6-7H2,1H3;2,5,8,10-12H,3-4,6-7H2,1H3;1,4,7,9-11,19H,2-3,5-6H2/t11-,12?,13?;10-,11?,12?;9-,10?,11?/m000/s1. The molecule has 64 heavy (non-hydrogen) atoms. The fourth-order valence-electron chi connectivity index (χ4n) is 10.2. The van der Waals surface area contributed by atoms with Crippen molar-refractivity contribution in [1.29, 1.82) is 0 Å². The number of halogens is 9. The molecule has 1 N–H and O–H groups in total. The van der Waals surface area contributed by atoms with E-state index in [0.717, 1.165) is 100 Å². The maximum absolute atomic E-state index is 12.6. The number of esters is 1. The maximum atomic E-state index is 12.6. The highest BCUT2D eigenvalue weighted by Crippen LogP contribution is 2.43. The minimum atomic E-state index is -4.37. The Kier molecular flexibility index (Phi) is 14.8. The zero-order valence-corrected chi connectivity index (χ0v) is 35.7. The molecule has 0 saturated carbocycles. The van der Waals surface area contributed by atoms with Gasteiger partial charge >= 0.3 is 24.5 Å². The number of hydrogen-bond acceptors (Lipinski definition) is 13. The summed E-state index contributed by atoms with van der Waals surface area (Å²) >= 11 is 0.812. The van der Waals surface area contributed by atoms with Crippen LogP contribution in [0, 0.1) is 0 Å². The first kappa shape index (κ1) is 47.8. The van der Waals surface area contributed by atoms with Gasteiger partial charge in [0.25, 0.3) is 0 Å². The van der Waals surface area contributed by atoms with Gasteiger partial charge in [0.1, 0.15) is 23.6 Å². The molecule has 0 aliphatic carbocycles. The summed E-state index contributed by atoms with van der Waals surface area (Å²) in [7, 11) is 1.40. The molecule has 0 amide bonds. The summed E-state index contributed by atoms with van der Waals surface area (Å²) in [6.07, 6.45) is -0.556. The number of carbonyl (C=O) groups excluding carboxylic acids is 1. The van der Waals surface area contributed by atoms with Crippen LogP contribution in [0.4, 0.5) is 57.0 Å². The molecule has 6 aliphatic heterocycles. The van der Waals surface area contributed by atoms with Crippen LogP contribution in [0.3, 0.4) is 0 Å². The van der Waals surface area contributed by atoms with Crippen molar-refractivity contribution in [2.24, 2.45) is 0 Å². The predicted molar refractivity (Wildman–Crippen MR) is 215 cm³/mol. The van der Waals surface area contributed by atoms with Crippen LogP contribution in [0.2, 0.25) is 0 Å². The number of rotatable bonds is 8. The molecule has 0 aromatic carbocycles. The predicted octanol–water partition coefficient (Wildman–Crippen LogP) is 9.51. The van der Waals surface area contributed by atoms with Gasteiger partial charge in [0.15, 0.2) is 12.3 Å². The molecular weight excluding hydrogens is 888 g/mol. The largest absolute Gasteiger partial charge is 0.462 e. The number of carbonyl (C=O) groups is 1. The Labute approximate surface area is 368 Å². The van der Waals surface area contributed by atoms with E-state index in [-0.39, 0.29) is 60.5 Å². The van der Waals surface area contributed by atoms with Crippen molar-refractivity contribution < 1.29 is 67.6 Å². The summed E-state index contributed by atoms with van der Waals surface area (Å²) < 4.78 is 129. The number of aromatic nitrogens is 3. The Hall–Kier alpha value is -4.12. The lowest BCUT2D eigenvalue weighted by atomic mass is 9.99. The first-order valence-electron chi connectivity index (χ1n) is 21.1. The topological polar surface area (TPSA) is 123 Å². The normalized spacial score (nSPS) is 28.6. The van der Waals surface area contributed by atoms with Crippen LogP contribution in [0.1, 0.15) is 101 Å². The highest BCUT2D eigenvalue weighted by Gasteiger charge is 2.45. The van der Waals surface area contributed by atoms with Gasteiger partial charge in [-0.05, 0) is 101 Å². The number of piperidine rings is 3. The second kappa shape index (κ2) is 19.8. The lowest BCUT2D eigenvalue weighted by Crippen LogP contribution is -2.46. The van der Waals surface area contributed by atoms with E-state index in [1.54, 1.807) is 0 Å². The lowest BCUT2D eigenvalue weighted by Gasteiger charge is -2.39. The molecule has 0 spiro atoms. The van der Waals surface area contributed by atoms with Gasteiger partial charge in [-0.1, -0.05) is 0 Å². The van der Waals surface area contributed by atoms with Crippen molar-refractivity contribution in [3.05, 3.63) is 71.7 Å². The van der Waals surface area contributed by atoms with Gasteiger partial charge in [0.05, 0.1) is 36.0 Å². The number of aliphatic hydroxyl groups excluding tert-OH is 1. The van der Waals surface area contributed by atoms with Gasteiger partial charge in [-0.15, -0.1) is 4.33 Å². The number of ether oxygens (including phenoxy) is 1. The van der Waals surface area contributed by atoms with E-state index >= 15 is 0 Å². The van der Waals surface area contributed by atoms with Crippen molar-refractivity contribution >= 4 is 35.7 Å². The van der Waals surface area contributed by atoms with Gasteiger partial charge in [-0.25, -0.2) is 19.8 Å². The summed E-state index contributed by atoms with van der Waals surface area (Å²) in [5.74, 6) is 1.48. The second-order valence-corrected chi connectivity index (χ2v) is 17.4. The van der Waals surface area contributed by atoms with Crippen LogP contribution in [0.25, 0.3) is 0 Å². The molecular formula is C42H49F9N6O6S. The average Bonchev–Trinajstić information content (AvgIpc) is 3.78. The van der Waals surface area contributed by atoms with E-state index in [4.69, 9.17) is 8.92 Å². The monoisotopic (exact) mass is 936 g/mol. The number of alkyl halides is 9. The number of nitrogens with zero attached hydrogens (tertiary/aromatic N) is 6. The van der Waals surface area contributed by atoms with Crippen molar-refractivity contribution in [2.75, 3.05) is 21.8 Å². The zero-order chi connectivity index (χ0) is 46.0. The van der Waals surface area contributed by atoms with Crippen molar-refractivity contribution in [3.8, 4) is 0 Å². The molecule has 0 radical (unpaired) electrons. The van der Waals surface area contributed by atoms with Crippen LogP contribution in [-0.4, -0.2) is 87.7 Å². The smallest absolute Gasteiger partial charge is 0.417 e. The molecule has 6 aliphatic rings. The second-order valence-electron chi connectivity index (χ2n) is 16.9. The number of pyridine rings is 3. The fourth-order valence-corrected chi connectivity index (χ4v) is 10.5. The Balaban J connectivity index is 0.000000144. The SMILES string of the molecule is CC(=O)OC1CC2CC[C@@H](C1)N2c1ccc(C(F)(F)F)cn1.COOSOC1CC2CC[C@@H](C1)N2c1ccc(C(F)(F)F)cn1.OC1CC2CC[C@@H](C1)N2c1ccc(C(F)(F)F)cn1. The molecule has 9 atom stereocenters. The third kappa shape index (κ3) is 11.5. The third-order valence-electron chi connectivity index (χ3n) is 12.7. The van der Waals surface area contributed by atoms with E-state index in [2.05, 4.69) is 38.9 Å². The summed E-state index contributed by atoms with van der Waals surface area (Å²) in [5.41, 5.74) is -2.18. The lowest BCUT2D eigenvalue weighted by molar-refractivity contribution is -0.168. The summed E-state index contributed by atoms with van der Waals surface area (Å²) in [6.45, 7) is 1.39. The minimum Gasteiger partial charge on any atom is -0.462 e. The quantitative estimate of drug-likeness (QED) is 0.0577. The Morgan fingerprint density at radius 2 is 0.906 bits per heavy atom. The van der Waals surface area contributed by atoms with Crippen molar-refractivity contribution in [3.63, 3.8) is 0 Å². The van der Waals surface area contributed by atoms with E-state index in [0.29, 0.717) is 43.1 Å². The van der Waals surface area contributed by atoms with E-state index in [1.807, 2.05) is 0 Å². The molecule has 12 nitrogen and oxygen atoms in total. The summed E-state index contributed by atoms with van der Waals surface area (Å²) in [4.78, 5) is 33.8. The number of aliphatic hydroxyl groups is 1. The van der Waals surface area contributed by atoms with E-state index < -0.39 is 35.2 Å². The number of fused-ring (bicyclic) bond motifs is 6. The highest BCUT2D eigenvalue weighted by atomic mass is 32.2. The summed E-state index contributed by atoms with van der Waals surface area (Å²) in [6, 6.07) is 8.77. The molecule has 3 aromatic heterocycles. The molecule has 22 heteroatoms. The zero-order valence-electron chi connectivity index (χ0n) is 34.9. The maximum Gasteiger partial charge on any atom is 0.417 e. The molecule has 6 fully saturated rings. The number of hydrogen-bond donors (Lipinski definition) is 1. The average molecular weight is 937 g/mol. The first-order chi connectivity index (χ1) is 30.3. The van der Waals surface area contributed by atoms with Crippen LogP contribution in [0.5, 0.6) is 0 Å². The molecule has 6 saturated heterocycles. The van der Waals surface area contributed by atoms with Crippen molar-refractivity contribution in [1.82, 2.24) is 15.0 Å². The van der Waals surface area contributed by atoms with Crippen molar-refractivity contribution in [2.45, 2.75) is 157 Å². The minimum absolute atomic E-state index is 0.0401. The fraction of sp³-hybridized carbons (Fsp3) is 0.619. The Morgan fingerprint density at radius 1 is 0.578 bits per heavy atom. The van der Waals surface area contributed by atoms with Crippen LogP contribution in [0.15, 0.2) is 55.0 Å². The third-order valence-corrected chi connectivity index (χ3v) is 13.3. The van der Waals surface area contributed by atoms with Crippen LogP contribution in [-0.2, 0) is 41.5 Å². The molecule has 352 valence electrons. The molecule has 9 heterocycles. The van der Waals surface area contributed by atoms with Gasteiger partial charge in [0, 0.05) is 74.6 Å². The van der Waals surface area contributed by atoms with E-state index in [9.17, 15) is 49.4 Å².